The van der Waals surface area contributed by atoms with Crippen molar-refractivity contribution >= 4 is 0 Å². The number of aromatic nitrogens is 2. The van der Waals surface area contributed by atoms with Crippen LogP contribution in [-0.4, -0.2) is 12.3 Å². The van der Waals surface area contributed by atoms with Gasteiger partial charge in [0.05, 0.1) is 7.11 Å². The molecule has 5 nitrogen and oxygen atoms in total. The van der Waals surface area contributed by atoms with Crippen molar-refractivity contribution in [3.63, 3.8) is 0 Å². The predicted octanol–water partition coefficient (Wildman–Crippen LogP) is -0.883. The van der Waals surface area contributed by atoms with Crippen LogP contribution >= 0.6 is 0 Å². The van der Waals surface area contributed by atoms with E-state index in [1.54, 1.807) is 0 Å². The smallest absolute Gasteiger partial charge is 0.209 e. The third kappa shape index (κ3) is 0.699. The lowest BCUT2D eigenvalue weighted by Crippen LogP contribution is -2.21. The second-order valence-electron chi connectivity index (χ2n) is 1.05. The van der Waals surface area contributed by atoms with Gasteiger partial charge in [0.15, 0.2) is 0 Å². The Morgan fingerprint density at radius 1 is 2.00 bits per heavy atom. The van der Waals surface area contributed by atoms with Crippen LogP contribution in [0.4, 0.5) is 0 Å². The Morgan fingerprint density at radius 2 is 2.75 bits per heavy atom. The molecule has 0 fully saturated rings. The molecule has 0 bridgehead atoms. The summed E-state index contributed by atoms with van der Waals surface area (Å²) in [6.07, 6.45) is 2.09. The SMILES string of the molecule is COc1[c-][n+]([O-])on1. The Balaban J connectivity index is 2.84. The number of hydrogen-bond donors (Lipinski definition) is 0. The number of rotatable bonds is 1. The molecule has 0 aliphatic heterocycles. The molecule has 1 aromatic heterocycles. The van der Waals surface area contributed by atoms with Crippen LogP contribution in [0, 0.1) is 11.4 Å². The molecule has 0 N–H and O–H groups in total. The first-order valence-electron chi connectivity index (χ1n) is 1.86. The highest BCUT2D eigenvalue weighted by Gasteiger charge is 1.85. The van der Waals surface area contributed by atoms with Gasteiger partial charge in [-0.2, -0.15) is 0 Å². The summed E-state index contributed by atoms with van der Waals surface area (Å²) in [7, 11) is 1.37. The van der Waals surface area contributed by atoms with Gasteiger partial charge in [0.25, 0.3) is 0 Å². The summed E-state index contributed by atoms with van der Waals surface area (Å²) in [6.45, 7) is 0. The minimum atomic E-state index is 0.0556. The van der Waals surface area contributed by atoms with Crippen molar-refractivity contribution in [3.8, 4) is 5.88 Å². The van der Waals surface area contributed by atoms with Crippen LogP contribution in [0.15, 0.2) is 4.63 Å². The summed E-state index contributed by atoms with van der Waals surface area (Å²) in [5.41, 5.74) is 0. The molecule has 1 heterocycles. The zero-order valence-electron chi connectivity index (χ0n) is 4.12. The first-order chi connectivity index (χ1) is 3.83. The molecule has 0 unspecified atom stereocenters. The Morgan fingerprint density at radius 3 is 3.00 bits per heavy atom. The fraction of sp³-hybridized carbons (Fsp3) is 0.333. The van der Waals surface area contributed by atoms with Crippen LogP contribution in [0.2, 0.25) is 0 Å². The van der Waals surface area contributed by atoms with Crippen molar-refractivity contribution in [1.82, 2.24) is 5.16 Å². The van der Waals surface area contributed by atoms with E-state index in [2.05, 4.69) is 20.7 Å². The average molecular weight is 115 g/mol. The normalized spacial score (nSPS) is 9.12. The van der Waals surface area contributed by atoms with Gasteiger partial charge in [-0.05, 0) is 0 Å². The number of hydrogen-bond acceptors (Lipinski definition) is 4. The number of methoxy groups -OCH3 is 1. The molecule has 0 aliphatic carbocycles. The molecule has 0 atom stereocenters. The lowest BCUT2D eigenvalue weighted by Gasteiger charge is -1.90. The van der Waals surface area contributed by atoms with Gasteiger partial charge in [-0.1, -0.05) is 0 Å². The highest BCUT2D eigenvalue weighted by Crippen LogP contribution is 1.94. The van der Waals surface area contributed by atoms with E-state index < -0.39 is 0 Å². The van der Waals surface area contributed by atoms with Gasteiger partial charge in [-0.25, -0.2) is 4.90 Å². The van der Waals surface area contributed by atoms with Crippen molar-refractivity contribution in [2.75, 3.05) is 7.11 Å². The lowest BCUT2D eigenvalue weighted by molar-refractivity contribution is -0.805. The Bertz CT molecular complexity index is 173. The number of nitrogens with zero attached hydrogens (tertiary/aromatic N) is 2. The van der Waals surface area contributed by atoms with Crippen LogP contribution in [0.5, 0.6) is 5.88 Å². The predicted molar refractivity (Wildman–Crippen MR) is 20.9 cm³/mol. The third-order valence-electron chi connectivity index (χ3n) is 0.578. The molecule has 1 rings (SSSR count). The average Bonchev–Trinajstić information content (AvgIpc) is 2.14. The van der Waals surface area contributed by atoms with Crippen molar-refractivity contribution in [2.45, 2.75) is 0 Å². The molecular formula is C3H3N2O3-. The monoisotopic (exact) mass is 115 g/mol. The van der Waals surface area contributed by atoms with Crippen LogP contribution in [-0.2, 0) is 0 Å². The first-order valence-corrected chi connectivity index (χ1v) is 1.86. The molecule has 0 aromatic carbocycles. The maximum Gasteiger partial charge on any atom is 0.209 e. The van der Waals surface area contributed by atoms with E-state index in [0.717, 1.165) is 0 Å². The minimum Gasteiger partial charge on any atom is -0.485 e. The summed E-state index contributed by atoms with van der Waals surface area (Å²) in [4.78, 5) is 0.0822. The molecule has 0 spiro atoms. The summed E-state index contributed by atoms with van der Waals surface area (Å²) < 4.78 is 8.44. The summed E-state index contributed by atoms with van der Waals surface area (Å²) in [5, 5.41) is 13.1. The van der Waals surface area contributed by atoms with E-state index in [1.807, 2.05) is 0 Å². The quantitative estimate of drug-likeness (QED) is 0.352. The van der Waals surface area contributed by atoms with E-state index in [9.17, 15) is 5.21 Å². The fourth-order valence-corrected chi connectivity index (χ4v) is 0.276. The first kappa shape index (κ1) is 4.89. The van der Waals surface area contributed by atoms with Crippen LogP contribution < -0.4 is 9.64 Å². The molecule has 1 aromatic rings. The molecule has 0 radical (unpaired) electrons. The van der Waals surface area contributed by atoms with Gasteiger partial charge in [0, 0.05) is 5.16 Å². The van der Waals surface area contributed by atoms with Crippen molar-refractivity contribution in [3.05, 3.63) is 11.4 Å². The summed E-state index contributed by atoms with van der Waals surface area (Å²) in [5.74, 6) is 0.0556. The van der Waals surface area contributed by atoms with Gasteiger partial charge in [0.1, 0.15) is 0 Å². The van der Waals surface area contributed by atoms with Gasteiger partial charge in [-0.3, -0.25) is 4.63 Å². The number of ether oxygens (including phenoxy) is 1. The Hall–Kier alpha value is -1.26. The maximum absolute atomic E-state index is 10.0. The van der Waals surface area contributed by atoms with E-state index >= 15 is 0 Å². The molecule has 0 amide bonds. The van der Waals surface area contributed by atoms with E-state index in [4.69, 9.17) is 0 Å². The zero-order valence-corrected chi connectivity index (χ0v) is 4.12. The summed E-state index contributed by atoms with van der Waals surface area (Å²) in [6, 6.07) is 0. The molecular weight excluding hydrogens is 112 g/mol. The molecule has 0 saturated heterocycles. The Kier molecular flexibility index (Phi) is 1.03. The van der Waals surface area contributed by atoms with Crippen LogP contribution in [0.3, 0.4) is 0 Å². The topological polar surface area (TPSA) is 62.2 Å². The molecule has 5 heteroatoms. The van der Waals surface area contributed by atoms with Gasteiger partial charge in [-0.15, -0.1) is 6.20 Å². The summed E-state index contributed by atoms with van der Waals surface area (Å²) >= 11 is 0. The van der Waals surface area contributed by atoms with Gasteiger partial charge < -0.3 is 9.94 Å². The minimum absolute atomic E-state index is 0.0556. The van der Waals surface area contributed by atoms with Crippen molar-refractivity contribution in [1.29, 1.82) is 0 Å². The largest absolute Gasteiger partial charge is 0.485 e. The second-order valence-corrected chi connectivity index (χ2v) is 1.05. The van der Waals surface area contributed by atoms with Gasteiger partial charge >= 0.3 is 0 Å². The molecule has 0 aliphatic rings. The highest BCUT2D eigenvalue weighted by atomic mass is 16.8. The van der Waals surface area contributed by atoms with E-state index in [0.29, 0.717) is 0 Å². The Labute approximate surface area is 45.0 Å². The molecule has 44 valence electrons. The van der Waals surface area contributed by atoms with E-state index in [-0.39, 0.29) is 10.8 Å². The highest BCUT2D eigenvalue weighted by molar-refractivity contribution is 4.89. The fourth-order valence-electron chi connectivity index (χ4n) is 0.276. The maximum atomic E-state index is 10.0. The zero-order chi connectivity index (χ0) is 5.98. The molecule has 0 saturated carbocycles. The van der Waals surface area contributed by atoms with Crippen LogP contribution in [0.1, 0.15) is 0 Å². The lowest BCUT2D eigenvalue weighted by atomic mass is 10.9. The standard InChI is InChI=1S/C3H3N2O3/c1-7-3-2-5(6)8-4-3/h1H3/q-1. The third-order valence-corrected chi connectivity index (χ3v) is 0.578. The van der Waals surface area contributed by atoms with Crippen molar-refractivity contribution < 1.29 is 14.3 Å². The molecule has 8 heavy (non-hydrogen) atoms. The van der Waals surface area contributed by atoms with E-state index in [1.165, 1.54) is 7.11 Å². The van der Waals surface area contributed by atoms with Crippen molar-refractivity contribution in [2.24, 2.45) is 0 Å². The second kappa shape index (κ2) is 1.69. The van der Waals surface area contributed by atoms with Gasteiger partial charge in [0.2, 0.25) is 5.88 Å². The van der Waals surface area contributed by atoms with Crippen LogP contribution in [0.25, 0.3) is 0 Å².